The second-order valence-electron chi connectivity index (χ2n) is 6.38. The van der Waals surface area contributed by atoms with Gasteiger partial charge in [0.15, 0.2) is 5.82 Å². The van der Waals surface area contributed by atoms with Crippen molar-refractivity contribution >= 4 is 5.82 Å². The maximum absolute atomic E-state index is 5.12. The predicted molar refractivity (Wildman–Crippen MR) is 85.8 cm³/mol. The van der Waals surface area contributed by atoms with Crippen molar-refractivity contribution in [1.82, 2.24) is 9.97 Å². The van der Waals surface area contributed by atoms with E-state index in [4.69, 9.17) is 4.74 Å². The molecule has 2 aliphatic carbocycles. The molecule has 2 aliphatic rings. The van der Waals surface area contributed by atoms with Gasteiger partial charge in [-0.05, 0) is 42.2 Å². The van der Waals surface area contributed by atoms with Gasteiger partial charge < -0.3 is 10.1 Å². The highest BCUT2D eigenvalue weighted by atomic mass is 16.5. The number of rotatable bonds is 5. The number of methoxy groups -OCH3 is 1. The third kappa shape index (κ3) is 2.37. The molecule has 0 spiro atoms. The number of ether oxygens (including phenoxy) is 1. The topological polar surface area (TPSA) is 47.0 Å². The molecule has 0 radical (unpaired) electrons. The van der Waals surface area contributed by atoms with Gasteiger partial charge in [0.05, 0.1) is 0 Å². The molecule has 114 valence electrons. The lowest BCUT2D eigenvalue weighted by atomic mass is 10.0. The molecule has 0 saturated heterocycles. The van der Waals surface area contributed by atoms with Crippen LogP contribution in [0.1, 0.15) is 28.6 Å². The summed E-state index contributed by atoms with van der Waals surface area (Å²) in [5.41, 5.74) is 4.10. The van der Waals surface area contributed by atoms with Gasteiger partial charge in [0.25, 0.3) is 0 Å². The van der Waals surface area contributed by atoms with Crippen LogP contribution in [0.2, 0.25) is 0 Å². The number of hydrogen-bond acceptors (Lipinski definition) is 4. The fraction of sp³-hybridized carbons (Fsp3) is 0.444. The van der Waals surface area contributed by atoms with Crippen LogP contribution in [0.3, 0.4) is 0 Å². The molecule has 3 atom stereocenters. The zero-order valence-corrected chi connectivity index (χ0v) is 13.0. The summed E-state index contributed by atoms with van der Waals surface area (Å²) >= 11 is 0. The van der Waals surface area contributed by atoms with Crippen molar-refractivity contribution in [3.05, 3.63) is 53.0 Å². The molecular weight excluding hydrogens is 274 g/mol. The Morgan fingerprint density at radius 1 is 1.27 bits per heavy atom. The van der Waals surface area contributed by atoms with E-state index in [-0.39, 0.29) is 0 Å². The Morgan fingerprint density at radius 2 is 2.14 bits per heavy atom. The van der Waals surface area contributed by atoms with E-state index in [1.54, 1.807) is 18.2 Å². The second-order valence-corrected chi connectivity index (χ2v) is 6.38. The third-order valence-corrected chi connectivity index (χ3v) is 4.89. The molecule has 3 unspecified atom stereocenters. The quantitative estimate of drug-likeness (QED) is 0.921. The largest absolute Gasteiger partial charge is 0.377 e. The fourth-order valence-corrected chi connectivity index (χ4v) is 3.90. The molecule has 4 nitrogen and oxygen atoms in total. The zero-order valence-electron chi connectivity index (χ0n) is 13.0. The second kappa shape index (κ2) is 5.36. The minimum Gasteiger partial charge on any atom is -0.377 e. The summed E-state index contributed by atoms with van der Waals surface area (Å²) in [5.74, 6) is 3.98. The normalized spacial score (nSPS) is 24.7. The van der Waals surface area contributed by atoms with Gasteiger partial charge in [0.2, 0.25) is 0 Å². The average molecular weight is 295 g/mol. The number of aryl methyl sites for hydroxylation is 1. The van der Waals surface area contributed by atoms with E-state index in [1.165, 1.54) is 6.42 Å². The minimum absolute atomic E-state index is 0.457. The van der Waals surface area contributed by atoms with Crippen molar-refractivity contribution in [2.24, 2.45) is 11.8 Å². The molecule has 0 bridgehead atoms. The Hall–Kier alpha value is -1.94. The number of benzene rings is 1. The SMILES string of the molecule is COCc1nc(C)cc(NCC2C3Cc4ccccc4C23)n1. The standard InChI is InChI=1S/C18H21N3O/c1-11-7-16(21-17(20-11)10-22-2)19-9-15-14-8-12-5-3-4-6-13(12)18(14)15/h3-7,14-15,18H,8-10H2,1-2H3,(H,19,20,21). The number of hydrogen-bond donors (Lipinski definition) is 1. The highest BCUT2D eigenvalue weighted by Crippen LogP contribution is 2.61. The van der Waals surface area contributed by atoms with Gasteiger partial charge in [-0.1, -0.05) is 24.3 Å². The first-order chi connectivity index (χ1) is 10.8. The molecule has 1 aromatic heterocycles. The lowest BCUT2D eigenvalue weighted by molar-refractivity contribution is 0.177. The number of nitrogens with zero attached hydrogens (tertiary/aromatic N) is 2. The van der Waals surface area contributed by atoms with Gasteiger partial charge in [-0.3, -0.25) is 0 Å². The van der Waals surface area contributed by atoms with Gasteiger partial charge in [-0.15, -0.1) is 0 Å². The lowest BCUT2D eigenvalue weighted by Crippen LogP contribution is -2.11. The first-order valence-electron chi connectivity index (χ1n) is 7.91. The van der Waals surface area contributed by atoms with Crippen molar-refractivity contribution in [3.8, 4) is 0 Å². The smallest absolute Gasteiger partial charge is 0.156 e. The highest BCUT2D eigenvalue weighted by Gasteiger charge is 2.54. The van der Waals surface area contributed by atoms with Crippen LogP contribution in [-0.2, 0) is 17.8 Å². The number of aromatic nitrogens is 2. The first kappa shape index (κ1) is 13.7. The van der Waals surface area contributed by atoms with Crippen LogP contribution in [-0.4, -0.2) is 23.6 Å². The van der Waals surface area contributed by atoms with Gasteiger partial charge in [-0.25, -0.2) is 9.97 Å². The van der Waals surface area contributed by atoms with Gasteiger partial charge in [0.1, 0.15) is 12.4 Å². The summed E-state index contributed by atoms with van der Waals surface area (Å²) < 4.78 is 5.12. The number of anilines is 1. The molecule has 1 N–H and O–H groups in total. The molecule has 2 aromatic rings. The number of nitrogens with one attached hydrogen (secondary N) is 1. The van der Waals surface area contributed by atoms with Crippen LogP contribution in [0.5, 0.6) is 0 Å². The minimum atomic E-state index is 0.457. The van der Waals surface area contributed by atoms with Crippen LogP contribution in [0.25, 0.3) is 0 Å². The van der Waals surface area contributed by atoms with Crippen LogP contribution in [0, 0.1) is 18.8 Å². The first-order valence-corrected chi connectivity index (χ1v) is 7.91. The Bertz CT molecular complexity index is 700. The third-order valence-electron chi connectivity index (χ3n) is 4.89. The van der Waals surface area contributed by atoms with Gasteiger partial charge >= 0.3 is 0 Å². The van der Waals surface area contributed by atoms with Gasteiger partial charge in [-0.2, -0.15) is 0 Å². The van der Waals surface area contributed by atoms with Crippen LogP contribution >= 0.6 is 0 Å². The summed E-state index contributed by atoms with van der Waals surface area (Å²) in [7, 11) is 1.67. The van der Waals surface area contributed by atoms with Crippen molar-refractivity contribution in [2.75, 3.05) is 19.0 Å². The molecule has 4 rings (SSSR count). The molecule has 22 heavy (non-hydrogen) atoms. The van der Waals surface area contributed by atoms with E-state index in [0.717, 1.165) is 41.6 Å². The highest BCUT2D eigenvalue weighted by molar-refractivity contribution is 5.45. The van der Waals surface area contributed by atoms with Crippen molar-refractivity contribution in [2.45, 2.75) is 25.9 Å². The van der Waals surface area contributed by atoms with E-state index < -0.39 is 0 Å². The molecule has 1 saturated carbocycles. The maximum atomic E-state index is 5.12. The van der Waals surface area contributed by atoms with E-state index in [1.807, 2.05) is 13.0 Å². The molecule has 0 amide bonds. The summed E-state index contributed by atoms with van der Waals surface area (Å²) in [5, 5.41) is 3.50. The Balaban J connectivity index is 1.41. The summed E-state index contributed by atoms with van der Waals surface area (Å²) in [6.07, 6.45) is 1.24. The van der Waals surface area contributed by atoms with Crippen molar-refractivity contribution < 1.29 is 4.74 Å². The molecule has 4 heteroatoms. The van der Waals surface area contributed by atoms with Crippen molar-refractivity contribution in [3.63, 3.8) is 0 Å². The Kier molecular flexibility index (Phi) is 3.34. The maximum Gasteiger partial charge on any atom is 0.156 e. The fourth-order valence-electron chi connectivity index (χ4n) is 3.90. The van der Waals surface area contributed by atoms with E-state index in [2.05, 4.69) is 39.6 Å². The molecule has 1 fully saturated rings. The summed E-state index contributed by atoms with van der Waals surface area (Å²) in [6, 6.07) is 10.9. The Labute approximate surface area is 130 Å². The zero-order chi connectivity index (χ0) is 15.1. The lowest BCUT2D eigenvalue weighted by Gasteiger charge is -2.10. The number of fused-ring (bicyclic) bond motifs is 3. The van der Waals surface area contributed by atoms with E-state index in [9.17, 15) is 0 Å². The van der Waals surface area contributed by atoms with E-state index >= 15 is 0 Å². The molecule has 1 heterocycles. The average Bonchev–Trinajstić information content (AvgIpc) is 3.04. The predicted octanol–water partition coefficient (Wildman–Crippen LogP) is 2.93. The van der Waals surface area contributed by atoms with Crippen LogP contribution < -0.4 is 5.32 Å². The molecule has 1 aromatic carbocycles. The monoisotopic (exact) mass is 295 g/mol. The van der Waals surface area contributed by atoms with Gasteiger partial charge in [0, 0.05) is 25.4 Å². The molecule has 0 aliphatic heterocycles. The Morgan fingerprint density at radius 3 is 3.00 bits per heavy atom. The van der Waals surface area contributed by atoms with Crippen LogP contribution in [0.4, 0.5) is 5.82 Å². The van der Waals surface area contributed by atoms with E-state index in [0.29, 0.717) is 6.61 Å². The summed E-state index contributed by atoms with van der Waals surface area (Å²) in [6.45, 7) is 3.44. The summed E-state index contributed by atoms with van der Waals surface area (Å²) in [4.78, 5) is 8.89. The molecular formula is C18H21N3O. The van der Waals surface area contributed by atoms with Crippen LogP contribution in [0.15, 0.2) is 30.3 Å². The van der Waals surface area contributed by atoms with Crippen molar-refractivity contribution in [1.29, 1.82) is 0 Å².